The molecule has 0 aliphatic carbocycles. The minimum atomic E-state index is -0.947. The van der Waals surface area contributed by atoms with Gasteiger partial charge in [-0.1, -0.05) is 6.07 Å². The molecule has 0 radical (unpaired) electrons. The number of likely N-dealkylation sites (tertiary alicyclic amines) is 1. The molecule has 0 bridgehead atoms. The molecule has 4 rings (SSSR count). The number of benzene rings is 1. The third-order valence-corrected chi connectivity index (χ3v) is 6.66. The van der Waals surface area contributed by atoms with E-state index in [0.717, 1.165) is 36.8 Å². The Morgan fingerprint density at radius 2 is 1.94 bits per heavy atom. The number of carbonyl (C=O) groups excluding carboxylic acids is 2. The summed E-state index contributed by atoms with van der Waals surface area (Å²) >= 11 is 0. The van der Waals surface area contributed by atoms with Crippen molar-refractivity contribution in [3.63, 3.8) is 0 Å². The maximum absolute atomic E-state index is 12.9. The van der Waals surface area contributed by atoms with Crippen LogP contribution in [0.5, 0.6) is 0 Å². The third kappa shape index (κ3) is 5.57. The van der Waals surface area contributed by atoms with Crippen LogP contribution in [-0.4, -0.2) is 69.6 Å². The molecule has 35 heavy (non-hydrogen) atoms. The van der Waals surface area contributed by atoms with Crippen molar-refractivity contribution in [2.45, 2.75) is 57.2 Å². The number of rotatable bonds is 9. The fraction of sp³-hybridized carbons (Fsp3) is 0.583. The zero-order valence-electron chi connectivity index (χ0n) is 19.9. The minimum absolute atomic E-state index is 0.209. The van der Waals surface area contributed by atoms with E-state index in [4.69, 9.17) is 9.47 Å². The lowest BCUT2D eigenvalue weighted by molar-refractivity contribution is -0.135. The Labute approximate surface area is 202 Å². The number of nitrogens with zero attached hydrogens (tertiary/aromatic N) is 3. The molecule has 0 saturated carbocycles. The van der Waals surface area contributed by atoms with Crippen molar-refractivity contribution in [3.8, 4) is 0 Å². The predicted octanol–water partition coefficient (Wildman–Crippen LogP) is 1.77. The first-order valence-electron chi connectivity index (χ1n) is 12.1. The van der Waals surface area contributed by atoms with Crippen molar-refractivity contribution in [3.05, 3.63) is 34.2 Å². The Morgan fingerprint density at radius 1 is 1.11 bits per heavy atom. The highest BCUT2D eigenvalue weighted by molar-refractivity contribution is 6.00. The molecule has 11 heteroatoms. The summed E-state index contributed by atoms with van der Waals surface area (Å²) < 4.78 is 14.4. The van der Waals surface area contributed by atoms with Gasteiger partial charge in [0.1, 0.15) is 12.3 Å². The number of imidazole rings is 1. The number of amides is 3. The van der Waals surface area contributed by atoms with Crippen molar-refractivity contribution in [1.82, 2.24) is 19.4 Å². The smallest absolute Gasteiger partial charge is 0.409 e. The van der Waals surface area contributed by atoms with Crippen LogP contribution in [-0.2, 0) is 32.5 Å². The molecule has 2 atom stereocenters. The van der Waals surface area contributed by atoms with Gasteiger partial charge in [0, 0.05) is 26.6 Å². The molecule has 2 aromatic rings. The number of aromatic nitrogens is 2. The van der Waals surface area contributed by atoms with Crippen molar-refractivity contribution in [2.24, 2.45) is 7.05 Å². The summed E-state index contributed by atoms with van der Waals surface area (Å²) in [6, 6.07) is 5.05. The van der Waals surface area contributed by atoms with Gasteiger partial charge in [-0.15, -0.1) is 0 Å². The van der Waals surface area contributed by atoms with Crippen LogP contribution < -0.4 is 11.0 Å². The lowest BCUT2D eigenvalue weighted by Gasteiger charge is -2.33. The average Bonchev–Trinajstić information content (AvgIpc) is 3.08. The number of ether oxygens (including phenoxy) is 2. The van der Waals surface area contributed by atoms with Gasteiger partial charge in [0.15, 0.2) is 0 Å². The predicted molar refractivity (Wildman–Crippen MR) is 126 cm³/mol. The van der Waals surface area contributed by atoms with Crippen LogP contribution in [0.1, 0.15) is 50.1 Å². The Balaban J connectivity index is 1.27. The van der Waals surface area contributed by atoms with Crippen molar-refractivity contribution >= 4 is 28.9 Å². The summed E-state index contributed by atoms with van der Waals surface area (Å²) in [6.07, 6.45) is 3.24. The van der Waals surface area contributed by atoms with Gasteiger partial charge in [-0.3, -0.25) is 28.9 Å². The zero-order valence-corrected chi connectivity index (χ0v) is 19.9. The maximum Gasteiger partial charge on any atom is 0.409 e. The quantitative estimate of drug-likeness (QED) is 0.406. The molecule has 2 fully saturated rings. The first kappa shape index (κ1) is 24.9. The SMILES string of the molecule is Cn1c(=O)n(C2CCC(=O)NC2=O)c2ccc(CCCOCCOC3CCCCN3C(=O)O)cc21. The first-order valence-corrected chi connectivity index (χ1v) is 12.1. The molecule has 1 aromatic heterocycles. The van der Waals surface area contributed by atoms with E-state index < -0.39 is 24.3 Å². The maximum atomic E-state index is 12.9. The van der Waals surface area contributed by atoms with Crippen LogP contribution in [0.3, 0.4) is 0 Å². The fourth-order valence-electron chi connectivity index (χ4n) is 4.81. The standard InChI is InChI=1S/C24H32N4O7/c1-26-19-15-16(5-4-12-34-13-14-35-21-6-2-3-11-27(21)24(32)33)7-8-17(19)28(23(26)31)18-9-10-20(29)25-22(18)30/h7-8,15,18,21H,2-6,9-14H2,1H3,(H,32,33)(H,25,29,30). The van der Waals surface area contributed by atoms with Gasteiger partial charge in [0.2, 0.25) is 11.8 Å². The van der Waals surface area contributed by atoms with E-state index in [1.807, 2.05) is 18.2 Å². The average molecular weight is 489 g/mol. The second kappa shape index (κ2) is 11.0. The van der Waals surface area contributed by atoms with Gasteiger partial charge >= 0.3 is 11.8 Å². The van der Waals surface area contributed by atoms with Gasteiger partial charge in [-0.05, 0) is 56.2 Å². The van der Waals surface area contributed by atoms with Crippen LogP contribution >= 0.6 is 0 Å². The summed E-state index contributed by atoms with van der Waals surface area (Å²) in [7, 11) is 1.68. The summed E-state index contributed by atoms with van der Waals surface area (Å²) in [6.45, 7) is 1.78. The highest BCUT2D eigenvalue weighted by atomic mass is 16.5. The zero-order chi connectivity index (χ0) is 24.9. The van der Waals surface area contributed by atoms with E-state index in [1.165, 1.54) is 14.0 Å². The molecule has 2 aliphatic heterocycles. The van der Waals surface area contributed by atoms with Crippen LogP contribution in [0.2, 0.25) is 0 Å². The first-order chi connectivity index (χ1) is 16.9. The second-order valence-corrected chi connectivity index (χ2v) is 9.01. The van der Waals surface area contributed by atoms with Gasteiger partial charge in [0.25, 0.3) is 0 Å². The van der Waals surface area contributed by atoms with Crippen LogP contribution in [0.25, 0.3) is 11.0 Å². The van der Waals surface area contributed by atoms with Gasteiger partial charge in [-0.25, -0.2) is 9.59 Å². The van der Waals surface area contributed by atoms with E-state index in [-0.39, 0.29) is 18.0 Å². The molecule has 2 unspecified atom stereocenters. The number of hydrogen-bond acceptors (Lipinski definition) is 6. The molecule has 1 aromatic carbocycles. The minimum Gasteiger partial charge on any atom is -0.465 e. The lowest BCUT2D eigenvalue weighted by atomic mass is 10.1. The normalized spacial score (nSPS) is 20.9. The van der Waals surface area contributed by atoms with E-state index in [2.05, 4.69) is 5.32 Å². The summed E-state index contributed by atoms with van der Waals surface area (Å²) in [4.78, 5) is 49.3. The van der Waals surface area contributed by atoms with E-state index >= 15 is 0 Å². The van der Waals surface area contributed by atoms with Gasteiger partial charge in [0.05, 0.1) is 24.2 Å². The van der Waals surface area contributed by atoms with E-state index in [1.54, 1.807) is 7.05 Å². The highest BCUT2D eigenvalue weighted by Gasteiger charge is 2.31. The Hall–Kier alpha value is -3.18. The Bertz CT molecular complexity index is 1150. The number of aryl methyl sites for hydroxylation is 2. The fourth-order valence-corrected chi connectivity index (χ4v) is 4.81. The number of piperidine rings is 2. The molecule has 190 valence electrons. The molecule has 2 saturated heterocycles. The molecular weight excluding hydrogens is 456 g/mol. The number of hydrogen-bond donors (Lipinski definition) is 2. The Kier molecular flexibility index (Phi) is 7.86. The number of imide groups is 1. The number of nitrogens with one attached hydrogen (secondary N) is 1. The Morgan fingerprint density at radius 3 is 2.71 bits per heavy atom. The molecule has 11 nitrogen and oxygen atoms in total. The number of fused-ring (bicyclic) bond motifs is 1. The summed E-state index contributed by atoms with van der Waals surface area (Å²) in [5, 5.41) is 11.6. The molecule has 2 aliphatic rings. The van der Waals surface area contributed by atoms with Gasteiger partial charge in [-0.2, -0.15) is 0 Å². The van der Waals surface area contributed by atoms with E-state index in [0.29, 0.717) is 44.7 Å². The van der Waals surface area contributed by atoms with Gasteiger partial charge < -0.3 is 14.6 Å². The molecular formula is C24H32N4O7. The largest absolute Gasteiger partial charge is 0.465 e. The molecule has 3 heterocycles. The monoisotopic (exact) mass is 488 g/mol. The second-order valence-electron chi connectivity index (χ2n) is 9.01. The molecule has 3 amide bonds. The number of carbonyl (C=O) groups is 3. The topological polar surface area (TPSA) is 132 Å². The highest BCUT2D eigenvalue weighted by Crippen LogP contribution is 2.24. The molecule has 2 N–H and O–H groups in total. The van der Waals surface area contributed by atoms with Crippen molar-refractivity contribution < 1.29 is 29.0 Å². The van der Waals surface area contributed by atoms with Crippen molar-refractivity contribution in [1.29, 1.82) is 0 Å². The van der Waals surface area contributed by atoms with Crippen LogP contribution in [0.4, 0.5) is 4.79 Å². The lowest BCUT2D eigenvalue weighted by Crippen LogP contribution is -2.44. The van der Waals surface area contributed by atoms with Crippen LogP contribution in [0.15, 0.2) is 23.0 Å². The third-order valence-electron chi connectivity index (χ3n) is 6.66. The summed E-state index contributed by atoms with van der Waals surface area (Å²) in [5.74, 6) is -0.757. The van der Waals surface area contributed by atoms with E-state index in [9.17, 15) is 24.3 Å². The van der Waals surface area contributed by atoms with Crippen LogP contribution in [0, 0.1) is 0 Å². The van der Waals surface area contributed by atoms with Crippen molar-refractivity contribution in [2.75, 3.05) is 26.4 Å². The number of carboxylic acid groups (broad SMARTS) is 1. The summed E-state index contributed by atoms with van der Waals surface area (Å²) in [5.41, 5.74) is 2.17. The molecule has 0 spiro atoms.